The van der Waals surface area contributed by atoms with Gasteiger partial charge in [0.15, 0.2) is 0 Å². The number of carbonyl (C=O) groups is 1. The molecule has 1 amide bonds. The molecule has 3 rings (SSSR count). The Morgan fingerprint density at radius 2 is 1.74 bits per heavy atom. The molecule has 0 unspecified atom stereocenters. The van der Waals surface area contributed by atoms with Crippen LogP contribution in [0.4, 0.5) is 5.95 Å². The Morgan fingerprint density at radius 1 is 1.09 bits per heavy atom. The SMILES string of the molecule is Cc1ccc(C(=O)N(C)c2ncn(-c3ccc(Cl)cc3)n2)cc1. The molecule has 0 N–H and O–H groups in total. The molecule has 0 saturated carbocycles. The molecular weight excluding hydrogens is 312 g/mol. The molecule has 0 spiro atoms. The van der Waals surface area contributed by atoms with Gasteiger partial charge in [0.05, 0.1) is 5.69 Å². The number of benzene rings is 2. The molecule has 0 atom stereocenters. The van der Waals surface area contributed by atoms with E-state index in [1.165, 1.54) is 4.90 Å². The zero-order valence-corrected chi connectivity index (χ0v) is 13.5. The Morgan fingerprint density at radius 3 is 2.39 bits per heavy atom. The average molecular weight is 327 g/mol. The van der Waals surface area contributed by atoms with Gasteiger partial charge in [-0.25, -0.2) is 4.68 Å². The van der Waals surface area contributed by atoms with Crippen LogP contribution in [0.3, 0.4) is 0 Å². The summed E-state index contributed by atoms with van der Waals surface area (Å²) in [6.45, 7) is 1.98. The van der Waals surface area contributed by atoms with E-state index >= 15 is 0 Å². The first-order valence-electron chi connectivity index (χ1n) is 7.07. The molecule has 6 heteroatoms. The van der Waals surface area contributed by atoms with Crippen LogP contribution in [0.15, 0.2) is 54.9 Å². The maximum atomic E-state index is 12.5. The van der Waals surface area contributed by atoms with Gasteiger partial charge in [-0.05, 0) is 43.3 Å². The molecule has 0 aliphatic rings. The van der Waals surface area contributed by atoms with Crippen molar-refractivity contribution < 1.29 is 4.79 Å². The van der Waals surface area contributed by atoms with Crippen molar-refractivity contribution in [2.45, 2.75) is 6.92 Å². The Kier molecular flexibility index (Phi) is 4.12. The van der Waals surface area contributed by atoms with Gasteiger partial charge in [0.2, 0.25) is 0 Å². The molecule has 1 heterocycles. The first kappa shape index (κ1) is 15.2. The normalized spacial score (nSPS) is 10.6. The predicted octanol–water partition coefficient (Wildman–Crippen LogP) is 3.51. The summed E-state index contributed by atoms with van der Waals surface area (Å²) in [6, 6.07) is 14.6. The van der Waals surface area contributed by atoms with E-state index < -0.39 is 0 Å². The van der Waals surface area contributed by atoms with Crippen molar-refractivity contribution in [3.8, 4) is 5.69 Å². The fraction of sp³-hybridized carbons (Fsp3) is 0.118. The fourth-order valence-corrected chi connectivity index (χ4v) is 2.23. The number of halogens is 1. The highest BCUT2D eigenvalue weighted by Gasteiger charge is 2.17. The Bertz CT molecular complexity index is 825. The number of aryl methyl sites for hydroxylation is 1. The molecule has 23 heavy (non-hydrogen) atoms. The quantitative estimate of drug-likeness (QED) is 0.740. The third-order valence-corrected chi connectivity index (χ3v) is 3.73. The maximum Gasteiger partial charge on any atom is 0.260 e. The van der Waals surface area contributed by atoms with Crippen molar-refractivity contribution in [2.75, 3.05) is 11.9 Å². The standard InChI is InChI=1S/C17H15ClN4O/c1-12-3-5-13(6-4-12)16(23)21(2)17-19-11-22(20-17)15-9-7-14(18)8-10-15/h3-11H,1-2H3. The second-order valence-corrected chi connectivity index (χ2v) is 5.63. The smallest absolute Gasteiger partial charge is 0.260 e. The second kappa shape index (κ2) is 6.22. The van der Waals surface area contributed by atoms with Crippen LogP contribution in [-0.4, -0.2) is 27.7 Å². The minimum absolute atomic E-state index is 0.154. The summed E-state index contributed by atoms with van der Waals surface area (Å²) in [5.74, 6) is 0.185. The van der Waals surface area contributed by atoms with Gasteiger partial charge >= 0.3 is 0 Å². The van der Waals surface area contributed by atoms with Crippen LogP contribution in [0.5, 0.6) is 0 Å². The highest BCUT2D eigenvalue weighted by molar-refractivity contribution is 6.30. The summed E-state index contributed by atoms with van der Waals surface area (Å²) >= 11 is 5.88. The third-order valence-electron chi connectivity index (χ3n) is 3.47. The lowest BCUT2D eigenvalue weighted by molar-refractivity contribution is 0.0991. The lowest BCUT2D eigenvalue weighted by atomic mass is 10.1. The van der Waals surface area contributed by atoms with Gasteiger partial charge in [0, 0.05) is 17.6 Å². The molecule has 0 saturated heterocycles. The molecule has 0 aliphatic heterocycles. The summed E-state index contributed by atoms with van der Waals surface area (Å²) in [6.07, 6.45) is 1.57. The van der Waals surface area contributed by atoms with Crippen LogP contribution >= 0.6 is 11.6 Å². The van der Waals surface area contributed by atoms with E-state index in [2.05, 4.69) is 10.1 Å². The lowest BCUT2D eigenvalue weighted by Gasteiger charge is -2.13. The Hall–Kier alpha value is -2.66. The van der Waals surface area contributed by atoms with E-state index in [9.17, 15) is 4.79 Å². The average Bonchev–Trinajstić information content (AvgIpc) is 3.05. The van der Waals surface area contributed by atoms with Crippen LogP contribution < -0.4 is 4.90 Å². The number of aromatic nitrogens is 3. The second-order valence-electron chi connectivity index (χ2n) is 5.20. The van der Waals surface area contributed by atoms with Crippen molar-refractivity contribution in [3.63, 3.8) is 0 Å². The van der Waals surface area contributed by atoms with E-state index in [0.29, 0.717) is 16.5 Å². The van der Waals surface area contributed by atoms with E-state index in [-0.39, 0.29) is 5.91 Å². The van der Waals surface area contributed by atoms with Crippen molar-refractivity contribution in [3.05, 3.63) is 71.0 Å². The number of hydrogen-bond donors (Lipinski definition) is 0. The van der Waals surface area contributed by atoms with Gasteiger partial charge < -0.3 is 0 Å². The number of rotatable bonds is 3. The number of carbonyl (C=O) groups excluding carboxylic acids is 1. The topological polar surface area (TPSA) is 51.0 Å². The summed E-state index contributed by atoms with van der Waals surface area (Å²) in [4.78, 5) is 18.1. The van der Waals surface area contributed by atoms with Crippen LogP contribution in [0.2, 0.25) is 5.02 Å². The van der Waals surface area contributed by atoms with E-state index in [1.807, 2.05) is 31.2 Å². The third kappa shape index (κ3) is 3.24. The number of anilines is 1. The first-order chi connectivity index (χ1) is 11.0. The molecule has 1 aromatic heterocycles. The van der Waals surface area contributed by atoms with Gasteiger partial charge in [0.1, 0.15) is 6.33 Å². The highest BCUT2D eigenvalue weighted by atomic mass is 35.5. The summed E-state index contributed by atoms with van der Waals surface area (Å²) in [5.41, 5.74) is 2.53. The molecule has 2 aromatic carbocycles. The van der Waals surface area contributed by atoms with Crippen molar-refractivity contribution in [1.29, 1.82) is 0 Å². The zero-order valence-electron chi connectivity index (χ0n) is 12.8. The molecule has 0 fully saturated rings. The maximum absolute atomic E-state index is 12.5. The lowest BCUT2D eigenvalue weighted by Crippen LogP contribution is -2.27. The first-order valence-corrected chi connectivity index (χ1v) is 7.45. The van der Waals surface area contributed by atoms with Gasteiger partial charge in [-0.3, -0.25) is 9.69 Å². The largest absolute Gasteiger partial charge is 0.278 e. The molecular formula is C17H15ClN4O. The number of amides is 1. The summed E-state index contributed by atoms with van der Waals surface area (Å²) in [5, 5.41) is 5.00. The highest BCUT2D eigenvalue weighted by Crippen LogP contribution is 2.15. The van der Waals surface area contributed by atoms with Crippen molar-refractivity contribution in [1.82, 2.24) is 14.8 Å². The molecule has 3 aromatic rings. The molecule has 0 bridgehead atoms. The van der Waals surface area contributed by atoms with E-state index in [1.54, 1.807) is 42.3 Å². The van der Waals surface area contributed by atoms with Crippen LogP contribution in [0.1, 0.15) is 15.9 Å². The predicted molar refractivity (Wildman–Crippen MR) is 90.3 cm³/mol. The van der Waals surface area contributed by atoms with Crippen LogP contribution in [-0.2, 0) is 0 Å². The minimum Gasteiger partial charge on any atom is -0.278 e. The van der Waals surface area contributed by atoms with E-state index in [0.717, 1.165) is 11.3 Å². The summed E-state index contributed by atoms with van der Waals surface area (Å²) < 4.78 is 1.60. The van der Waals surface area contributed by atoms with Gasteiger partial charge in [0.25, 0.3) is 11.9 Å². The van der Waals surface area contributed by atoms with Gasteiger partial charge in [-0.1, -0.05) is 29.3 Å². The van der Waals surface area contributed by atoms with Crippen LogP contribution in [0.25, 0.3) is 5.69 Å². The van der Waals surface area contributed by atoms with Crippen molar-refractivity contribution >= 4 is 23.5 Å². The Labute approximate surface area is 139 Å². The summed E-state index contributed by atoms with van der Waals surface area (Å²) in [7, 11) is 1.66. The molecule has 0 radical (unpaired) electrons. The minimum atomic E-state index is -0.154. The zero-order chi connectivity index (χ0) is 16.4. The van der Waals surface area contributed by atoms with Crippen molar-refractivity contribution in [2.24, 2.45) is 0 Å². The number of nitrogens with zero attached hydrogens (tertiary/aromatic N) is 4. The molecule has 5 nitrogen and oxygen atoms in total. The fourth-order valence-electron chi connectivity index (χ4n) is 2.11. The van der Waals surface area contributed by atoms with Crippen LogP contribution in [0, 0.1) is 6.92 Å². The number of hydrogen-bond acceptors (Lipinski definition) is 3. The van der Waals surface area contributed by atoms with E-state index in [4.69, 9.17) is 11.6 Å². The Balaban J connectivity index is 1.83. The van der Waals surface area contributed by atoms with Gasteiger partial charge in [-0.15, -0.1) is 5.10 Å². The van der Waals surface area contributed by atoms with Gasteiger partial charge in [-0.2, -0.15) is 4.98 Å². The monoisotopic (exact) mass is 326 g/mol. The molecule has 116 valence electrons. The molecule has 0 aliphatic carbocycles.